The first-order valence-corrected chi connectivity index (χ1v) is 10.9. The molecule has 1 atom stereocenters. The van der Waals surface area contributed by atoms with Gasteiger partial charge in [-0.3, -0.25) is 35.1 Å². The maximum atomic E-state index is 12.8. The fourth-order valence-electron chi connectivity index (χ4n) is 3.75. The number of rotatable bonds is 6. The standard InChI is InChI=1S/C21H18N6O6S/c1-11-4-3-5-14(6-11)25-10-13(7-18(25)28)20-23-24-21(34-20)22-19(29)16-8-15(26(30)31)9-17(12(16)2)27(32)33/h3-6,8-9,13H,7,10H2,1-2H3,(H,22,24,29). The number of nitro benzene ring substituents is 2. The van der Waals surface area contributed by atoms with Crippen LogP contribution in [0.1, 0.15) is 38.8 Å². The molecule has 0 aliphatic carbocycles. The van der Waals surface area contributed by atoms with Crippen LogP contribution in [0.15, 0.2) is 36.4 Å². The highest BCUT2D eigenvalue weighted by atomic mass is 32.1. The van der Waals surface area contributed by atoms with Gasteiger partial charge < -0.3 is 4.90 Å². The molecular weight excluding hydrogens is 464 g/mol. The lowest BCUT2D eigenvalue weighted by Gasteiger charge is -2.16. The first-order valence-electron chi connectivity index (χ1n) is 10.1. The van der Waals surface area contributed by atoms with Crippen molar-refractivity contribution in [3.63, 3.8) is 0 Å². The quantitative estimate of drug-likeness (QED) is 0.410. The van der Waals surface area contributed by atoms with Crippen LogP contribution in [0.4, 0.5) is 22.2 Å². The molecule has 0 radical (unpaired) electrons. The van der Waals surface area contributed by atoms with Crippen LogP contribution in [0.25, 0.3) is 0 Å². The minimum atomic E-state index is -0.802. The molecule has 1 fully saturated rings. The molecule has 1 aliphatic rings. The van der Waals surface area contributed by atoms with Gasteiger partial charge in [0.15, 0.2) is 0 Å². The van der Waals surface area contributed by atoms with Gasteiger partial charge in [-0.2, -0.15) is 0 Å². The highest BCUT2D eigenvalue weighted by molar-refractivity contribution is 7.15. The van der Waals surface area contributed by atoms with Crippen LogP contribution in [-0.2, 0) is 4.79 Å². The van der Waals surface area contributed by atoms with Crippen LogP contribution in [0.3, 0.4) is 0 Å². The van der Waals surface area contributed by atoms with Crippen molar-refractivity contribution in [3.05, 3.63) is 78.3 Å². The SMILES string of the molecule is Cc1cccc(N2CC(c3nnc(NC(=O)c4cc([N+](=O)[O-])cc([N+](=O)[O-])c4C)s3)CC2=O)c1. The molecule has 34 heavy (non-hydrogen) atoms. The highest BCUT2D eigenvalue weighted by Gasteiger charge is 2.34. The Balaban J connectivity index is 1.53. The van der Waals surface area contributed by atoms with E-state index in [1.165, 1.54) is 6.92 Å². The summed E-state index contributed by atoms with van der Waals surface area (Å²) in [5, 5.41) is 33.6. The number of carbonyl (C=O) groups is 2. The second-order valence-electron chi connectivity index (χ2n) is 7.80. The Kier molecular flexibility index (Phi) is 6.03. The molecule has 2 heterocycles. The number of nitrogens with zero attached hydrogens (tertiary/aromatic N) is 5. The van der Waals surface area contributed by atoms with E-state index in [0.29, 0.717) is 11.6 Å². The summed E-state index contributed by atoms with van der Waals surface area (Å²) in [5.74, 6) is -1.04. The van der Waals surface area contributed by atoms with E-state index >= 15 is 0 Å². The van der Waals surface area contributed by atoms with E-state index in [9.17, 15) is 29.8 Å². The molecule has 1 unspecified atom stereocenters. The van der Waals surface area contributed by atoms with Gasteiger partial charge in [0.05, 0.1) is 21.5 Å². The summed E-state index contributed by atoms with van der Waals surface area (Å²) < 4.78 is 0. The van der Waals surface area contributed by atoms with E-state index in [1.54, 1.807) is 4.90 Å². The summed E-state index contributed by atoms with van der Waals surface area (Å²) in [7, 11) is 0. The molecule has 0 saturated carbocycles. The fraction of sp³-hybridized carbons (Fsp3) is 0.238. The van der Waals surface area contributed by atoms with Crippen molar-refractivity contribution in [1.82, 2.24) is 10.2 Å². The zero-order valence-electron chi connectivity index (χ0n) is 18.0. The topological polar surface area (TPSA) is 161 Å². The number of aromatic nitrogens is 2. The van der Waals surface area contributed by atoms with Crippen LogP contribution in [0.2, 0.25) is 0 Å². The number of nitro groups is 2. The number of hydrogen-bond acceptors (Lipinski definition) is 9. The Bertz CT molecular complexity index is 1340. The van der Waals surface area contributed by atoms with E-state index in [2.05, 4.69) is 15.5 Å². The average Bonchev–Trinajstić information content (AvgIpc) is 3.39. The van der Waals surface area contributed by atoms with E-state index in [4.69, 9.17) is 0 Å². The third-order valence-corrected chi connectivity index (χ3v) is 6.47. The van der Waals surface area contributed by atoms with Crippen LogP contribution in [0, 0.1) is 34.1 Å². The number of non-ortho nitro benzene ring substituents is 1. The highest BCUT2D eigenvalue weighted by Crippen LogP contribution is 2.35. The van der Waals surface area contributed by atoms with Gasteiger partial charge in [0.1, 0.15) is 5.01 Å². The van der Waals surface area contributed by atoms with Gasteiger partial charge in [-0.15, -0.1) is 10.2 Å². The number of carbonyl (C=O) groups excluding carboxylic acids is 2. The molecule has 1 aromatic heterocycles. The molecule has 1 N–H and O–H groups in total. The third-order valence-electron chi connectivity index (χ3n) is 5.47. The molecule has 1 aliphatic heterocycles. The molecule has 0 spiro atoms. The average molecular weight is 482 g/mol. The molecule has 4 rings (SSSR count). The monoisotopic (exact) mass is 482 g/mol. The summed E-state index contributed by atoms with van der Waals surface area (Å²) in [6.45, 7) is 3.70. The Hall–Kier alpha value is -4.26. The molecule has 2 aromatic carbocycles. The largest absolute Gasteiger partial charge is 0.312 e. The molecular formula is C21H18N6O6S. The van der Waals surface area contributed by atoms with Gasteiger partial charge in [-0.25, -0.2) is 0 Å². The smallest absolute Gasteiger partial charge is 0.279 e. The number of anilines is 2. The van der Waals surface area contributed by atoms with Crippen molar-refractivity contribution >= 4 is 45.3 Å². The molecule has 2 amide bonds. The fourth-order valence-corrected chi connectivity index (χ4v) is 4.58. The van der Waals surface area contributed by atoms with Crippen molar-refractivity contribution in [1.29, 1.82) is 0 Å². The minimum Gasteiger partial charge on any atom is -0.312 e. The van der Waals surface area contributed by atoms with Gasteiger partial charge in [0.2, 0.25) is 11.0 Å². The van der Waals surface area contributed by atoms with Crippen molar-refractivity contribution < 1.29 is 19.4 Å². The second kappa shape index (κ2) is 8.94. The second-order valence-corrected chi connectivity index (χ2v) is 8.80. The van der Waals surface area contributed by atoms with Crippen molar-refractivity contribution in [2.75, 3.05) is 16.8 Å². The summed E-state index contributed by atoms with van der Waals surface area (Å²) in [6.07, 6.45) is 0.243. The van der Waals surface area contributed by atoms with Crippen molar-refractivity contribution in [2.24, 2.45) is 0 Å². The Labute approximate surface area is 196 Å². The number of hydrogen-bond donors (Lipinski definition) is 1. The summed E-state index contributed by atoms with van der Waals surface area (Å²) in [5.41, 5.74) is 0.520. The van der Waals surface area contributed by atoms with E-state index in [0.717, 1.165) is 34.7 Å². The molecule has 174 valence electrons. The lowest BCUT2D eigenvalue weighted by atomic mass is 10.0. The molecule has 1 saturated heterocycles. The van der Waals surface area contributed by atoms with Gasteiger partial charge >= 0.3 is 0 Å². The van der Waals surface area contributed by atoms with E-state index in [1.807, 2.05) is 31.2 Å². The normalized spacial score (nSPS) is 15.4. The number of amides is 2. The summed E-state index contributed by atoms with van der Waals surface area (Å²) >= 11 is 1.08. The molecule has 13 heteroatoms. The van der Waals surface area contributed by atoms with Gasteiger partial charge in [0, 0.05) is 36.2 Å². The first kappa shape index (κ1) is 22.9. The zero-order chi connectivity index (χ0) is 24.6. The Morgan fingerprint density at radius 3 is 2.59 bits per heavy atom. The lowest BCUT2D eigenvalue weighted by molar-refractivity contribution is -0.394. The minimum absolute atomic E-state index is 0.00646. The van der Waals surface area contributed by atoms with Gasteiger partial charge in [-0.05, 0) is 31.5 Å². The van der Waals surface area contributed by atoms with Crippen molar-refractivity contribution in [3.8, 4) is 0 Å². The Morgan fingerprint density at radius 2 is 1.91 bits per heavy atom. The lowest BCUT2D eigenvalue weighted by Crippen LogP contribution is -2.24. The zero-order valence-corrected chi connectivity index (χ0v) is 18.9. The van der Waals surface area contributed by atoms with Crippen LogP contribution in [-0.4, -0.2) is 38.4 Å². The third kappa shape index (κ3) is 4.45. The number of benzene rings is 2. The van der Waals surface area contributed by atoms with E-state index in [-0.39, 0.29) is 34.5 Å². The summed E-state index contributed by atoms with van der Waals surface area (Å²) in [4.78, 5) is 47.8. The van der Waals surface area contributed by atoms with Crippen LogP contribution in [0.5, 0.6) is 0 Å². The first-order chi connectivity index (χ1) is 16.1. The molecule has 0 bridgehead atoms. The maximum absolute atomic E-state index is 12.8. The van der Waals surface area contributed by atoms with Crippen molar-refractivity contribution in [2.45, 2.75) is 26.2 Å². The van der Waals surface area contributed by atoms with Crippen LogP contribution < -0.4 is 10.2 Å². The van der Waals surface area contributed by atoms with E-state index < -0.39 is 27.1 Å². The predicted molar refractivity (Wildman–Crippen MR) is 123 cm³/mol. The number of nitrogens with one attached hydrogen (secondary N) is 1. The maximum Gasteiger partial charge on any atom is 0.279 e. The van der Waals surface area contributed by atoms with Gasteiger partial charge in [0.25, 0.3) is 17.3 Å². The molecule has 3 aromatic rings. The number of aryl methyl sites for hydroxylation is 1. The Morgan fingerprint density at radius 1 is 1.15 bits per heavy atom. The predicted octanol–water partition coefficient (Wildman–Crippen LogP) is 3.74. The summed E-state index contributed by atoms with van der Waals surface area (Å²) in [6, 6.07) is 9.40. The molecule has 12 nitrogen and oxygen atoms in total. The van der Waals surface area contributed by atoms with Gasteiger partial charge in [-0.1, -0.05) is 23.5 Å². The van der Waals surface area contributed by atoms with Crippen LogP contribution >= 0.6 is 11.3 Å².